The first kappa shape index (κ1) is 22.2. The summed E-state index contributed by atoms with van der Waals surface area (Å²) in [6.45, 7) is 5.62. The van der Waals surface area contributed by atoms with Crippen molar-refractivity contribution in [2.45, 2.75) is 32.9 Å². The van der Waals surface area contributed by atoms with E-state index in [0.717, 1.165) is 43.1 Å². The van der Waals surface area contributed by atoms with Gasteiger partial charge in [-0.1, -0.05) is 12.1 Å². The first-order chi connectivity index (χ1) is 15.6. The van der Waals surface area contributed by atoms with Crippen molar-refractivity contribution in [1.82, 2.24) is 34.7 Å². The van der Waals surface area contributed by atoms with E-state index in [0.29, 0.717) is 36.1 Å². The van der Waals surface area contributed by atoms with Gasteiger partial charge in [0.15, 0.2) is 4.77 Å². The number of methoxy groups -OCH3 is 1. The molecule has 4 rings (SSSR count). The predicted octanol–water partition coefficient (Wildman–Crippen LogP) is 2.30. The second-order valence-corrected chi connectivity index (χ2v) is 8.06. The highest BCUT2D eigenvalue weighted by Gasteiger charge is 2.23. The lowest BCUT2D eigenvalue weighted by Crippen LogP contribution is -2.49. The van der Waals surface area contributed by atoms with Crippen molar-refractivity contribution >= 4 is 18.1 Å². The summed E-state index contributed by atoms with van der Waals surface area (Å²) in [6.07, 6.45) is 1.74. The van der Waals surface area contributed by atoms with Crippen molar-refractivity contribution < 1.29 is 14.1 Å². The fourth-order valence-corrected chi connectivity index (χ4v) is 3.90. The Kier molecular flexibility index (Phi) is 6.96. The average Bonchev–Trinajstić information content (AvgIpc) is 3.42. The first-order valence-electron chi connectivity index (χ1n) is 10.7. The Morgan fingerprint density at radius 3 is 2.66 bits per heavy atom. The molecule has 10 nitrogen and oxygen atoms in total. The van der Waals surface area contributed by atoms with Crippen LogP contribution in [0, 0.1) is 4.77 Å². The van der Waals surface area contributed by atoms with Gasteiger partial charge >= 0.3 is 0 Å². The van der Waals surface area contributed by atoms with Crippen LogP contribution in [-0.4, -0.2) is 73.9 Å². The summed E-state index contributed by atoms with van der Waals surface area (Å²) in [5.41, 5.74) is 0.872. The molecule has 0 bridgehead atoms. The summed E-state index contributed by atoms with van der Waals surface area (Å²) in [7, 11) is 1.63. The number of nitrogens with zero attached hydrogens (tertiary/aromatic N) is 6. The molecule has 1 aliphatic heterocycles. The summed E-state index contributed by atoms with van der Waals surface area (Å²) in [5, 5.41) is 11.1. The van der Waals surface area contributed by atoms with Crippen LogP contribution >= 0.6 is 12.2 Å². The number of carbonyl (C=O) groups excluding carboxylic acids is 1. The molecule has 3 aromatic rings. The lowest BCUT2D eigenvalue weighted by molar-refractivity contribution is -0.133. The molecular formula is C21H27N7O3S. The summed E-state index contributed by atoms with van der Waals surface area (Å²) in [6, 6.07) is 7.53. The zero-order valence-electron chi connectivity index (χ0n) is 18.3. The Morgan fingerprint density at radius 2 is 1.97 bits per heavy atom. The molecule has 1 amide bonds. The van der Waals surface area contributed by atoms with Crippen LogP contribution in [0.3, 0.4) is 0 Å². The highest BCUT2D eigenvalue weighted by Crippen LogP contribution is 2.20. The largest absolute Gasteiger partial charge is 0.497 e. The van der Waals surface area contributed by atoms with Crippen molar-refractivity contribution in [3.63, 3.8) is 0 Å². The van der Waals surface area contributed by atoms with Gasteiger partial charge in [0.1, 0.15) is 18.1 Å². The number of ether oxygens (including phenoxy) is 1. The molecule has 0 spiro atoms. The summed E-state index contributed by atoms with van der Waals surface area (Å²) >= 11 is 5.28. The standard InChI is InChI=1S/C21H27N7O3S/c1-3-4-17-23-24-21(32)28(17)14-19(29)27-11-9-26(10-12-27)13-18-22-20(25-31-18)15-5-7-16(30-2)8-6-15/h5-8H,3-4,9-14H2,1-2H3,(H,24,32). The topological polar surface area (TPSA) is 105 Å². The first-order valence-corrected chi connectivity index (χ1v) is 11.1. The van der Waals surface area contributed by atoms with E-state index in [1.165, 1.54) is 0 Å². The molecule has 0 radical (unpaired) electrons. The maximum Gasteiger partial charge on any atom is 0.242 e. The second kappa shape index (κ2) is 10.0. The van der Waals surface area contributed by atoms with Crippen LogP contribution in [0.2, 0.25) is 0 Å². The van der Waals surface area contributed by atoms with E-state index in [4.69, 9.17) is 21.5 Å². The second-order valence-electron chi connectivity index (χ2n) is 7.68. The van der Waals surface area contributed by atoms with Gasteiger partial charge in [-0.3, -0.25) is 19.4 Å². The normalized spacial score (nSPS) is 14.6. The minimum atomic E-state index is 0.0547. The molecule has 1 aromatic carbocycles. The Morgan fingerprint density at radius 1 is 1.22 bits per heavy atom. The number of aryl methyl sites for hydroxylation is 1. The number of piperazine rings is 1. The molecular weight excluding hydrogens is 430 g/mol. The molecule has 32 heavy (non-hydrogen) atoms. The zero-order chi connectivity index (χ0) is 22.5. The fraction of sp³-hybridized carbons (Fsp3) is 0.476. The van der Waals surface area contributed by atoms with Gasteiger partial charge in [-0.05, 0) is 42.9 Å². The lowest BCUT2D eigenvalue weighted by atomic mass is 10.2. The number of aromatic nitrogens is 5. The lowest BCUT2D eigenvalue weighted by Gasteiger charge is -2.34. The van der Waals surface area contributed by atoms with Crippen molar-refractivity contribution in [3.05, 3.63) is 40.8 Å². The third-order valence-electron chi connectivity index (χ3n) is 5.50. The quantitative estimate of drug-likeness (QED) is 0.514. The van der Waals surface area contributed by atoms with Crippen LogP contribution in [0.5, 0.6) is 5.75 Å². The minimum Gasteiger partial charge on any atom is -0.497 e. The molecule has 0 saturated carbocycles. The van der Waals surface area contributed by atoms with E-state index in [1.54, 1.807) is 11.7 Å². The Bertz CT molecular complexity index is 1100. The predicted molar refractivity (Wildman–Crippen MR) is 120 cm³/mol. The van der Waals surface area contributed by atoms with Crippen molar-refractivity contribution in [3.8, 4) is 17.1 Å². The van der Waals surface area contributed by atoms with Crippen molar-refractivity contribution in [2.24, 2.45) is 0 Å². The van der Waals surface area contributed by atoms with Crippen molar-refractivity contribution in [2.75, 3.05) is 33.3 Å². The number of nitrogens with one attached hydrogen (secondary N) is 1. The molecule has 2 aromatic heterocycles. The van der Waals surface area contributed by atoms with Crippen LogP contribution < -0.4 is 4.74 Å². The van der Waals surface area contributed by atoms with E-state index >= 15 is 0 Å². The molecule has 0 unspecified atom stereocenters. The van der Waals surface area contributed by atoms with Gasteiger partial charge in [0, 0.05) is 38.2 Å². The van der Waals surface area contributed by atoms with E-state index in [2.05, 4.69) is 32.2 Å². The van der Waals surface area contributed by atoms with Crippen LogP contribution in [0.4, 0.5) is 0 Å². The number of benzene rings is 1. The summed E-state index contributed by atoms with van der Waals surface area (Å²) in [4.78, 5) is 21.4. The van der Waals surface area contributed by atoms with Gasteiger partial charge in [0.25, 0.3) is 0 Å². The van der Waals surface area contributed by atoms with E-state index in [-0.39, 0.29) is 12.5 Å². The van der Waals surface area contributed by atoms with Crippen molar-refractivity contribution in [1.29, 1.82) is 0 Å². The molecule has 1 N–H and O–H groups in total. The summed E-state index contributed by atoms with van der Waals surface area (Å²) in [5.74, 6) is 2.77. The number of hydrogen-bond donors (Lipinski definition) is 1. The molecule has 1 fully saturated rings. The third kappa shape index (κ3) is 5.05. The van der Waals surface area contributed by atoms with Crippen LogP contribution in [0.25, 0.3) is 11.4 Å². The molecule has 0 atom stereocenters. The third-order valence-corrected chi connectivity index (χ3v) is 5.82. The average molecular weight is 458 g/mol. The maximum absolute atomic E-state index is 12.8. The highest BCUT2D eigenvalue weighted by atomic mass is 32.1. The Labute approximate surface area is 191 Å². The highest BCUT2D eigenvalue weighted by molar-refractivity contribution is 7.71. The minimum absolute atomic E-state index is 0.0547. The molecule has 170 valence electrons. The van der Waals surface area contributed by atoms with Gasteiger partial charge in [-0.25, -0.2) is 0 Å². The number of aromatic amines is 1. The molecule has 0 aliphatic carbocycles. The number of amides is 1. The number of H-pyrrole nitrogens is 1. The monoisotopic (exact) mass is 457 g/mol. The SMILES string of the molecule is CCCc1n[nH]c(=S)n1CC(=O)N1CCN(Cc2nc(-c3ccc(OC)cc3)no2)CC1. The van der Waals surface area contributed by atoms with Gasteiger partial charge in [-0.2, -0.15) is 10.1 Å². The number of rotatable bonds is 8. The van der Waals surface area contributed by atoms with Crippen LogP contribution in [-0.2, 0) is 24.3 Å². The number of carbonyl (C=O) groups is 1. The maximum atomic E-state index is 12.8. The van der Waals surface area contributed by atoms with E-state index in [9.17, 15) is 4.79 Å². The zero-order valence-corrected chi connectivity index (χ0v) is 19.1. The Hall–Kier alpha value is -3.05. The smallest absolute Gasteiger partial charge is 0.242 e. The van der Waals surface area contributed by atoms with E-state index < -0.39 is 0 Å². The van der Waals surface area contributed by atoms with Gasteiger partial charge in [-0.15, -0.1) is 0 Å². The molecule has 3 heterocycles. The van der Waals surface area contributed by atoms with Gasteiger partial charge < -0.3 is 14.2 Å². The molecule has 1 aliphatic rings. The number of hydrogen-bond acceptors (Lipinski definition) is 8. The molecule has 11 heteroatoms. The van der Waals surface area contributed by atoms with Crippen LogP contribution in [0.1, 0.15) is 25.1 Å². The fourth-order valence-electron chi connectivity index (χ4n) is 3.69. The van der Waals surface area contributed by atoms with Crippen LogP contribution in [0.15, 0.2) is 28.8 Å². The Balaban J connectivity index is 1.30. The van der Waals surface area contributed by atoms with Gasteiger partial charge in [0.05, 0.1) is 13.7 Å². The summed E-state index contributed by atoms with van der Waals surface area (Å²) < 4.78 is 12.9. The molecule has 1 saturated heterocycles. The van der Waals surface area contributed by atoms with E-state index in [1.807, 2.05) is 29.2 Å². The van der Waals surface area contributed by atoms with Gasteiger partial charge in [0.2, 0.25) is 17.6 Å².